The summed E-state index contributed by atoms with van der Waals surface area (Å²) in [5, 5.41) is 11.5. The van der Waals surface area contributed by atoms with Gasteiger partial charge < -0.3 is 9.84 Å². The van der Waals surface area contributed by atoms with Gasteiger partial charge in [0.25, 0.3) is 0 Å². The number of hydrogen-bond donors (Lipinski definition) is 1. The van der Waals surface area contributed by atoms with Crippen LogP contribution in [0.1, 0.15) is 31.1 Å². The number of halogens is 2. The Morgan fingerprint density at radius 2 is 1.64 bits per heavy atom. The van der Waals surface area contributed by atoms with E-state index in [9.17, 15) is 18.3 Å². The third-order valence-electron chi connectivity index (χ3n) is 4.54. The van der Waals surface area contributed by atoms with Gasteiger partial charge in [-0.15, -0.1) is 0 Å². The zero-order valence-electron chi connectivity index (χ0n) is 15.4. The summed E-state index contributed by atoms with van der Waals surface area (Å²) >= 11 is 12.0. The molecule has 3 rings (SSSR count). The third-order valence-corrected chi connectivity index (χ3v) is 6.41. The highest BCUT2D eigenvalue weighted by Crippen LogP contribution is 2.44. The monoisotopic (exact) mass is 440 g/mol. The molecule has 1 unspecified atom stereocenters. The first kappa shape index (κ1) is 20.9. The van der Waals surface area contributed by atoms with Crippen LogP contribution in [-0.2, 0) is 19.4 Å². The van der Waals surface area contributed by atoms with E-state index in [1.165, 1.54) is 24.3 Å². The van der Waals surface area contributed by atoms with Gasteiger partial charge in [0.1, 0.15) is 11.7 Å². The van der Waals surface area contributed by atoms with Crippen molar-refractivity contribution >= 4 is 44.6 Å². The van der Waals surface area contributed by atoms with Gasteiger partial charge >= 0.3 is 5.97 Å². The normalized spacial score (nSPS) is 17.6. The average Bonchev–Trinajstić information content (AvgIpc) is 2.84. The number of rotatable bonds is 4. The molecule has 1 aliphatic rings. The molecule has 0 saturated carbocycles. The van der Waals surface area contributed by atoms with Gasteiger partial charge in [0, 0.05) is 11.8 Å². The molecule has 0 radical (unpaired) electrons. The zero-order chi connectivity index (χ0) is 20.9. The molecule has 5 nitrogen and oxygen atoms in total. The molecule has 1 aliphatic heterocycles. The maximum absolute atomic E-state index is 12.6. The van der Waals surface area contributed by atoms with Crippen LogP contribution in [0, 0.1) is 0 Å². The van der Waals surface area contributed by atoms with Crippen LogP contribution in [0.25, 0.3) is 5.57 Å². The second-order valence-corrected chi connectivity index (χ2v) is 9.89. The standard InChI is InChI=1S/C20H18Cl2O5S/c1-20(2)17(11-4-7-13(8-5-11)28(3,25)26)16(19(24)27-20)18(23)12-6-9-14(21)15(22)10-12/h4-10,18,23H,1-3H3. The van der Waals surface area contributed by atoms with Crippen LogP contribution in [0.2, 0.25) is 10.0 Å². The minimum atomic E-state index is -3.36. The maximum Gasteiger partial charge on any atom is 0.338 e. The molecule has 0 bridgehead atoms. The molecule has 2 aromatic rings. The van der Waals surface area contributed by atoms with E-state index in [0.29, 0.717) is 21.7 Å². The van der Waals surface area contributed by atoms with Gasteiger partial charge in [0.05, 0.1) is 20.5 Å². The fraction of sp³-hybridized carbons (Fsp3) is 0.250. The lowest BCUT2D eigenvalue weighted by atomic mass is 9.86. The Morgan fingerprint density at radius 1 is 1.04 bits per heavy atom. The van der Waals surface area contributed by atoms with Crippen LogP contribution in [0.15, 0.2) is 52.9 Å². The van der Waals surface area contributed by atoms with Crippen LogP contribution >= 0.6 is 23.2 Å². The predicted octanol–water partition coefficient (Wildman–Crippen LogP) is 4.22. The molecular formula is C20H18Cl2O5S. The molecular weight excluding hydrogens is 423 g/mol. The lowest BCUT2D eigenvalue weighted by molar-refractivity contribution is -0.144. The number of benzene rings is 2. The molecule has 2 aromatic carbocycles. The fourth-order valence-electron chi connectivity index (χ4n) is 3.23. The summed E-state index contributed by atoms with van der Waals surface area (Å²) in [4.78, 5) is 12.7. The minimum Gasteiger partial charge on any atom is -0.451 e. The fourth-order valence-corrected chi connectivity index (χ4v) is 4.17. The lowest BCUT2D eigenvalue weighted by Gasteiger charge is -2.22. The van der Waals surface area contributed by atoms with Crippen LogP contribution in [0.5, 0.6) is 0 Å². The van der Waals surface area contributed by atoms with E-state index < -0.39 is 27.5 Å². The van der Waals surface area contributed by atoms with E-state index in [2.05, 4.69) is 0 Å². The number of ether oxygens (including phenoxy) is 1. The molecule has 1 heterocycles. The van der Waals surface area contributed by atoms with Crippen molar-refractivity contribution in [1.82, 2.24) is 0 Å². The highest BCUT2D eigenvalue weighted by Gasteiger charge is 2.44. The topological polar surface area (TPSA) is 80.7 Å². The summed E-state index contributed by atoms with van der Waals surface area (Å²) in [7, 11) is -3.36. The van der Waals surface area contributed by atoms with Crippen molar-refractivity contribution in [1.29, 1.82) is 0 Å². The summed E-state index contributed by atoms with van der Waals surface area (Å²) in [5.41, 5.74) is 0.532. The van der Waals surface area contributed by atoms with Gasteiger partial charge in [-0.1, -0.05) is 41.4 Å². The summed E-state index contributed by atoms with van der Waals surface area (Å²) in [5.74, 6) is -0.647. The second-order valence-electron chi connectivity index (χ2n) is 7.06. The van der Waals surface area contributed by atoms with Gasteiger partial charge in [-0.2, -0.15) is 0 Å². The number of hydrogen-bond acceptors (Lipinski definition) is 5. The number of aliphatic hydroxyl groups is 1. The van der Waals surface area contributed by atoms with Crippen LogP contribution in [0.4, 0.5) is 0 Å². The summed E-state index contributed by atoms with van der Waals surface area (Å²) < 4.78 is 28.9. The van der Waals surface area contributed by atoms with Crippen molar-refractivity contribution < 1.29 is 23.1 Å². The Labute approximate surface area is 173 Å². The number of cyclic esters (lactones) is 1. The van der Waals surface area contributed by atoms with Crippen molar-refractivity contribution in [2.24, 2.45) is 0 Å². The maximum atomic E-state index is 12.6. The van der Waals surface area contributed by atoms with Crippen molar-refractivity contribution in [3.8, 4) is 0 Å². The molecule has 148 valence electrons. The number of carbonyl (C=O) groups excluding carboxylic acids is 1. The number of esters is 1. The molecule has 8 heteroatoms. The molecule has 0 aromatic heterocycles. The zero-order valence-corrected chi connectivity index (χ0v) is 17.7. The minimum absolute atomic E-state index is 0.0792. The van der Waals surface area contributed by atoms with E-state index >= 15 is 0 Å². The molecule has 0 saturated heterocycles. The smallest absolute Gasteiger partial charge is 0.338 e. The third kappa shape index (κ3) is 3.82. The van der Waals surface area contributed by atoms with Gasteiger partial charge in [-0.25, -0.2) is 13.2 Å². The molecule has 28 heavy (non-hydrogen) atoms. The summed E-state index contributed by atoms with van der Waals surface area (Å²) in [6.45, 7) is 3.42. The first-order valence-corrected chi connectivity index (χ1v) is 11.0. The van der Waals surface area contributed by atoms with Gasteiger partial charge in [-0.3, -0.25) is 0 Å². The predicted molar refractivity (Wildman–Crippen MR) is 108 cm³/mol. The van der Waals surface area contributed by atoms with Crippen LogP contribution in [0.3, 0.4) is 0 Å². The lowest BCUT2D eigenvalue weighted by Crippen LogP contribution is -2.22. The van der Waals surface area contributed by atoms with Crippen molar-refractivity contribution in [2.45, 2.75) is 30.4 Å². The highest BCUT2D eigenvalue weighted by atomic mass is 35.5. The number of sulfone groups is 1. The molecule has 1 atom stereocenters. The van der Waals surface area contributed by atoms with Crippen molar-refractivity contribution in [3.63, 3.8) is 0 Å². The molecule has 1 N–H and O–H groups in total. The van der Waals surface area contributed by atoms with E-state index in [4.69, 9.17) is 27.9 Å². The number of carbonyl (C=O) groups is 1. The first-order chi connectivity index (χ1) is 12.9. The SMILES string of the molecule is CC1(C)OC(=O)C(C(O)c2ccc(Cl)c(Cl)c2)=C1c1ccc(S(C)(=O)=O)cc1. The van der Waals surface area contributed by atoms with Gasteiger partial charge in [0.15, 0.2) is 9.84 Å². The van der Waals surface area contributed by atoms with Gasteiger partial charge in [0.2, 0.25) is 0 Å². The van der Waals surface area contributed by atoms with Crippen molar-refractivity contribution in [3.05, 3.63) is 69.2 Å². The molecule has 0 amide bonds. The average molecular weight is 441 g/mol. The summed E-state index contributed by atoms with van der Waals surface area (Å²) in [6, 6.07) is 10.7. The Hall–Kier alpha value is -1.86. The first-order valence-electron chi connectivity index (χ1n) is 8.33. The van der Waals surface area contributed by atoms with Crippen molar-refractivity contribution in [2.75, 3.05) is 6.26 Å². The molecule has 0 fully saturated rings. The van der Waals surface area contributed by atoms with E-state index in [-0.39, 0.29) is 15.5 Å². The Morgan fingerprint density at radius 3 is 2.18 bits per heavy atom. The van der Waals surface area contributed by atoms with E-state index in [1.54, 1.807) is 32.0 Å². The van der Waals surface area contributed by atoms with Crippen LogP contribution in [-0.4, -0.2) is 31.4 Å². The largest absolute Gasteiger partial charge is 0.451 e. The quantitative estimate of drug-likeness (QED) is 0.719. The summed E-state index contributed by atoms with van der Waals surface area (Å²) in [6.07, 6.45) is -0.166. The van der Waals surface area contributed by atoms with E-state index in [0.717, 1.165) is 6.26 Å². The molecule has 0 spiro atoms. The van der Waals surface area contributed by atoms with Gasteiger partial charge in [-0.05, 0) is 49.2 Å². The highest BCUT2D eigenvalue weighted by molar-refractivity contribution is 7.90. The Kier molecular flexibility index (Phi) is 5.36. The second kappa shape index (κ2) is 7.19. The Balaban J connectivity index is 2.16. The van der Waals surface area contributed by atoms with E-state index in [1.807, 2.05) is 0 Å². The van der Waals surface area contributed by atoms with Crippen LogP contribution < -0.4 is 0 Å². The Bertz CT molecular complexity index is 1090. The molecule has 0 aliphatic carbocycles. The number of aliphatic hydroxyl groups excluding tert-OH is 1.